The van der Waals surface area contributed by atoms with Crippen molar-refractivity contribution in [2.24, 2.45) is 0 Å². The Kier molecular flexibility index (Phi) is 8.47. The average Bonchev–Trinajstić information content (AvgIpc) is 2.70. The zero-order valence-corrected chi connectivity index (χ0v) is 21.6. The van der Waals surface area contributed by atoms with E-state index in [9.17, 15) is 17.8 Å². The van der Waals surface area contributed by atoms with Crippen molar-refractivity contribution < 1.29 is 31.3 Å². The zero-order chi connectivity index (χ0) is 25.2. The lowest BCUT2D eigenvalue weighted by atomic mass is 9.87. The second kappa shape index (κ2) is 10.1. The molecule has 0 spiro atoms. The van der Waals surface area contributed by atoms with E-state index in [4.69, 9.17) is 4.74 Å². The van der Waals surface area contributed by atoms with E-state index in [1.54, 1.807) is 47.6 Å². The van der Waals surface area contributed by atoms with Crippen LogP contribution in [0.25, 0.3) is 0 Å². The summed E-state index contributed by atoms with van der Waals surface area (Å²) < 4.78 is 77.3. The van der Waals surface area contributed by atoms with Crippen molar-refractivity contribution in [1.82, 2.24) is 9.62 Å². The molecule has 1 amide bonds. The SMILES string of the molecule is CC(C)(C)OC(=O)N1CCC(F)([C@@H](N[S+]([O-])C(C)(C)C)[C@@H](F)S(=O)(=O)c2ccccc2)CC1. The second-order valence-corrected chi connectivity index (χ2v) is 14.2. The first-order chi connectivity index (χ1) is 15.0. The molecule has 1 fully saturated rings. The minimum atomic E-state index is -4.58. The van der Waals surface area contributed by atoms with Crippen LogP contribution in [0.15, 0.2) is 35.2 Å². The summed E-state index contributed by atoms with van der Waals surface area (Å²) in [6.07, 6.45) is -1.30. The maximum Gasteiger partial charge on any atom is 0.410 e. The van der Waals surface area contributed by atoms with Crippen LogP contribution in [-0.2, 0) is 25.9 Å². The number of benzene rings is 1. The van der Waals surface area contributed by atoms with Crippen molar-refractivity contribution in [3.8, 4) is 0 Å². The summed E-state index contributed by atoms with van der Waals surface area (Å²) in [6, 6.07) is 5.04. The van der Waals surface area contributed by atoms with Crippen LogP contribution < -0.4 is 4.72 Å². The Bertz CT molecular complexity index is 909. The molecular formula is C22H34F2N2O5S2. The van der Waals surface area contributed by atoms with Crippen molar-refractivity contribution in [3.05, 3.63) is 30.3 Å². The van der Waals surface area contributed by atoms with Crippen LogP contribution in [-0.4, -0.2) is 64.6 Å². The van der Waals surface area contributed by atoms with Gasteiger partial charge >= 0.3 is 6.09 Å². The molecule has 1 unspecified atom stereocenters. The maximum absolute atomic E-state index is 16.2. The molecule has 1 aromatic carbocycles. The highest BCUT2D eigenvalue weighted by Crippen LogP contribution is 2.37. The van der Waals surface area contributed by atoms with E-state index in [-0.39, 0.29) is 30.8 Å². The third-order valence-electron chi connectivity index (χ3n) is 5.22. The number of halogens is 2. The van der Waals surface area contributed by atoms with E-state index in [0.29, 0.717) is 0 Å². The van der Waals surface area contributed by atoms with E-state index in [1.807, 2.05) is 0 Å². The highest BCUT2D eigenvalue weighted by atomic mass is 32.2. The Morgan fingerprint density at radius 3 is 2.12 bits per heavy atom. The number of hydrogen-bond donors (Lipinski definition) is 1. The number of piperidine rings is 1. The highest BCUT2D eigenvalue weighted by molar-refractivity contribution is 7.92. The second-order valence-electron chi connectivity index (χ2n) is 10.2. The van der Waals surface area contributed by atoms with Crippen LogP contribution in [0, 0.1) is 0 Å². The molecular weight excluding hydrogens is 474 g/mol. The van der Waals surface area contributed by atoms with Gasteiger partial charge in [0.2, 0.25) is 15.3 Å². The summed E-state index contributed by atoms with van der Waals surface area (Å²) in [6.45, 7) is 9.77. The highest BCUT2D eigenvalue weighted by Gasteiger charge is 2.54. The smallest absolute Gasteiger partial charge is 0.410 e. The summed E-state index contributed by atoms with van der Waals surface area (Å²) in [5.41, 5.74) is -5.78. The summed E-state index contributed by atoms with van der Waals surface area (Å²) in [5.74, 6) is 0. The number of rotatable bonds is 6. The van der Waals surface area contributed by atoms with E-state index >= 15 is 8.78 Å². The topological polar surface area (TPSA) is 98.8 Å². The molecule has 0 radical (unpaired) electrons. The van der Waals surface area contributed by atoms with Gasteiger partial charge in [-0.1, -0.05) is 18.2 Å². The fraction of sp³-hybridized carbons (Fsp3) is 0.682. The van der Waals surface area contributed by atoms with Crippen molar-refractivity contribution in [2.45, 2.75) is 86.8 Å². The van der Waals surface area contributed by atoms with Crippen molar-refractivity contribution in [3.63, 3.8) is 0 Å². The number of likely N-dealkylation sites (tertiary alicyclic amines) is 1. The van der Waals surface area contributed by atoms with Gasteiger partial charge in [0.1, 0.15) is 22.1 Å². The van der Waals surface area contributed by atoms with Gasteiger partial charge in [-0.2, -0.15) is 0 Å². The van der Waals surface area contributed by atoms with E-state index < -0.39 is 54.9 Å². The summed E-state index contributed by atoms with van der Waals surface area (Å²) in [7, 11) is -4.58. The van der Waals surface area contributed by atoms with Gasteiger partial charge in [-0.05, 0) is 53.7 Å². The summed E-state index contributed by atoms with van der Waals surface area (Å²) >= 11 is -1.94. The van der Waals surface area contributed by atoms with Crippen LogP contribution in [0.3, 0.4) is 0 Å². The largest absolute Gasteiger partial charge is 0.598 e. The summed E-state index contributed by atoms with van der Waals surface area (Å²) in [4.78, 5) is 13.3. The van der Waals surface area contributed by atoms with Crippen molar-refractivity contribution in [2.75, 3.05) is 13.1 Å². The molecule has 1 aromatic rings. The molecule has 1 aliphatic heterocycles. The fourth-order valence-corrected chi connectivity index (χ4v) is 5.77. The first kappa shape index (κ1) is 27.8. The van der Waals surface area contributed by atoms with Crippen LogP contribution in [0.2, 0.25) is 0 Å². The first-order valence-electron chi connectivity index (χ1n) is 10.8. The standard InChI is InChI=1S/C22H34F2N2O5S2/c1-20(2,3)31-19(27)26-14-12-22(24,13-15-26)17(25-32(28)21(4,5)6)18(23)33(29,30)16-10-8-7-9-11-16/h7-11,17-18,25H,12-15H2,1-6H3/t17-,18-,32?/m0/s1. The van der Waals surface area contributed by atoms with Crippen LogP contribution >= 0.6 is 0 Å². The summed E-state index contributed by atoms with van der Waals surface area (Å²) in [5, 5.41) is 0. The van der Waals surface area contributed by atoms with Gasteiger partial charge in [-0.25, -0.2) is 22.0 Å². The number of nitrogens with zero attached hydrogens (tertiary/aromatic N) is 1. The normalized spacial score (nSPS) is 20.1. The number of sulfone groups is 1. The lowest BCUT2D eigenvalue weighted by Gasteiger charge is -2.42. The Morgan fingerprint density at radius 1 is 1.15 bits per heavy atom. The Labute approximate surface area is 198 Å². The van der Waals surface area contributed by atoms with Crippen LogP contribution in [0.4, 0.5) is 13.6 Å². The van der Waals surface area contributed by atoms with Crippen LogP contribution in [0.5, 0.6) is 0 Å². The molecule has 1 N–H and O–H groups in total. The van der Waals surface area contributed by atoms with E-state index in [0.717, 1.165) is 0 Å². The third-order valence-corrected chi connectivity index (χ3v) is 8.60. The van der Waals surface area contributed by atoms with Crippen LogP contribution in [0.1, 0.15) is 54.4 Å². The molecule has 33 heavy (non-hydrogen) atoms. The minimum absolute atomic E-state index is 0.0934. The fourth-order valence-electron chi connectivity index (χ4n) is 3.30. The van der Waals surface area contributed by atoms with E-state index in [2.05, 4.69) is 4.72 Å². The quantitative estimate of drug-likeness (QED) is 0.585. The molecule has 11 heteroatoms. The number of carbonyl (C=O) groups excluding carboxylic acids is 1. The number of carbonyl (C=O) groups is 1. The Hall–Kier alpha value is -1.43. The van der Waals surface area contributed by atoms with Gasteiger partial charge in [-0.15, -0.1) is 4.72 Å². The molecule has 0 saturated carbocycles. The van der Waals surface area contributed by atoms with Gasteiger partial charge in [0.05, 0.1) is 4.90 Å². The van der Waals surface area contributed by atoms with Gasteiger partial charge in [0, 0.05) is 37.3 Å². The molecule has 0 aliphatic carbocycles. The third kappa shape index (κ3) is 7.03. The first-order valence-corrected chi connectivity index (χ1v) is 13.4. The lowest BCUT2D eigenvalue weighted by molar-refractivity contribution is -0.00947. The number of hydrogen-bond acceptors (Lipinski definition) is 6. The van der Waals surface area contributed by atoms with E-state index in [1.165, 1.54) is 29.2 Å². The van der Waals surface area contributed by atoms with Gasteiger partial charge in [0.15, 0.2) is 0 Å². The Morgan fingerprint density at radius 2 is 1.67 bits per heavy atom. The van der Waals surface area contributed by atoms with Crippen molar-refractivity contribution >= 4 is 27.3 Å². The number of amides is 1. The van der Waals surface area contributed by atoms with Gasteiger partial charge < -0.3 is 14.2 Å². The average molecular weight is 509 g/mol. The number of nitrogens with one attached hydrogen (secondary N) is 1. The lowest BCUT2D eigenvalue weighted by Crippen LogP contribution is -2.62. The zero-order valence-electron chi connectivity index (χ0n) is 19.9. The molecule has 0 bridgehead atoms. The number of ether oxygens (including phenoxy) is 1. The minimum Gasteiger partial charge on any atom is -0.598 e. The predicted molar refractivity (Wildman–Crippen MR) is 124 cm³/mol. The number of alkyl halides is 2. The molecule has 1 saturated heterocycles. The molecule has 0 aromatic heterocycles. The molecule has 1 aliphatic rings. The monoisotopic (exact) mass is 508 g/mol. The molecule has 188 valence electrons. The Balaban J connectivity index is 2.32. The predicted octanol–water partition coefficient (Wildman–Crippen LogP) is 3.92. The molecule has 1 heterocycles. The van der Waals surface area contributed by atoms with Crippen molar-refractivity contribution in [1.29, 1.82) is 0 Å². The maximum atomic E-state index is 16.2. The molecule has 7 nitrogen and oxygen atoms in total. The van der Waals surface area contributed by atoms with Gasteiger partial charge in [-0.3, -0.25) is 0 Å². The van der Waals surface area contributed by atoms with Gasteiger partial charge in [0.25, 0.3) is 0 Å². The molecule has 3 atom stereocenters. The molecule has 2 rings (SSSR count).